The van der Waals surface area contributed by atoms with Crippen molar-refractivity contribution >= 4 is 11.6 Å². The number of benzene rings is 2. The lowest BCUT2D eigenvalue weighted by atomic mass is 9.84. The van der Waals surface area contributed by atoms with Gasteiger partial charge in [-0.15, -0.1) is 0 Å². The third kappa shape index (κ3) is 4.17. The van der Waals surface area contributed by atoms with Crippen LogP contribution in [0.5, 0.6) is 0 Å². The summed E-state index contributed by atoms with van der Waals surface area (Å²) in [5, 5.41) is 5.25. The lowest BCUT2D eigenvalue weighted by molar-refractivity contribution is 0.436. The van der Waals surface area contributed by atoms with E-state index < -0.39 is 0 Å². The summed E-state index contributed by atoms with van der Waals surface area (Å²) in [6, 6.07) is 15.6. The minimum Gasteiger partial charge on any atom is -0.267 e. The second-order valence-electron chi connectivity index (χ2n) is 7.42. The van der Waals surface area contributed by atoms with E-state index in [0.29, 0.717) is 17.3 Å². The van der Waals surface area contributed by atoms with Crippen LogP contribution < -0.4 is 5.56 Å². The zero-order valence-corrected chi connectivity index (χ0v) is 16.3. The summed E-state index contributed by atoms with van der Waals surface area (Å²) in [5.41, 5.74) is 3.26. The van der Waals surface area contributed by atoms with E-state index >= 15 is 0 Å². The average molecular weight is 397 g/mol. The number of rotatable bonds is 4. The van der Waals surface area contributed by atoms with Crippen molar-refractivity contribution in [3.05, 3.63) is 86.9 Å². The smallest absolute Gasteiger partial charge is 0.267 e. The molecule has 0 saturated heterocycles. The van der Waals surface area contributed by atoms with E-state index in [1.807, 2.05) is 30.3 Å². The lowest BCUT2D eigenvalue weighted by Crippen LogP contribution is -2.29. The highest BCUT2D eigenvalue weighted by Gasteiger charge is 2.21. The van der Waals surface area contributed by atoms with Crippen molar-refractivity contribution < 1.29 is 4.39 Å². The average Bonchev–Trinajstić information content (AvgIpc) is 2.72. The van der Waals surface area contributed by atoms with Crippen LogP contribution in [0, 0.1) is 5.82 Å². The van der Waals surface area contributed by atoms with Gasteiger partial charge in [-0.3, -0.25) is 4.79 Å². The van der Waals surface area contributed by atoms with Gasteiger partial charge in [-0.1, -0.05) is 43.0 Å². The second-order valence-corrected chi connectivity index (χ2v) is 7.85. The van der Waals surface area contributed by atoms with Crippen molar-refractivity contribution in [3.8, 4) is 11.3 Å². The predicted octanol–water partition coefficient (Wildman–Crippen LogP) is 5.80. The first-order chi connectivity index (χ1) is 13.6. The number of nitrogens with zero attached hydrogens (tertiary/aromatic N) is 2. The van der Waals surface area contributed by atoms with Crippen LogP contribution in [0.4, 0.5) is 4.39 Å². The molecule has 0 atom stereocenters. The molecule has 0 amide bonds. The minimum atomic E-state index is -0.286. The summed E-state index contributed by atoms with van der Waals surface area (Å²) in [6.45, 7) is 0.380. The highest BCUT2D eigenvalue weighted by atomic mass is 35.5. The molecule has 3 nitrogen and oxygen atoms in total. The normalized spacial score (nSPS) is 14.9. The Hall–Kier alpha value is -2.46. The molecule has 2 aromatic carbocycles. The molecule has 144 valence electrons. The maximum absolute atomic E-state index is 13.3. The molecule has 1 aromatic heterocycles. The zero-order chi connectivity index (χ0) is 19.5. The largest absolute Gasteiger partial charge is 0.270 e. The summed E-state index contributed by atoms with van der Waals surface area (Å²) in [4.78, 5) is 13.2. The summed E-state index contributed by atoms with van der Waals surface area (Å²) >= 11 is 5.98. The van der Waals surface area contributed by atoms with Crippen LogP contribution in [0.1, 0.15) is 49.1 Å². The van der Waals surface area contributed by atoms with Crippen molar-refractivity contribution in [2.24, 2.45) is 0 Å². The summed E-state index contributed by atoms with van der Waals surface area (Å²) < 4.78 is 14.9. The third-order valence-electron chi connectivity index (χ3n) is 5.43. The molecule has 0 N–H and O–H groups in total. The first kappa shape index (κ1) is 18.9. The van der Waals surface area contributed by atoms with Crippen LogP contribution in [0.25, 0.3) is 11.3 Å². The minimum absolute atomic E-state index is 0.0345. The van der Waals surface area contributed by atoms with E-state index in [1.165, 1.54) is 23.2 Å². The van der Waals surface area contributed by atoms with Gasteiger partial charge in [-0.05, 0) is 66.8 Å². The molecule has 1 heterocycles. The van der Waals surface area contributed by atoms with Crippen LogP contribution in [0.2, 0.25) is 5.02 Å². The molecule has 4 rings (SSSR count). The molecule has 0 unspecified atom stereocenters. The highest BCUT2D eigenvalue weighted by Crippen LogP contribution is 2.32. The Balaban J connectivity index is 1.78. The zero-order valence-electron chi connectivity index (χ0n) is 15.6. The molecule has 1 aliphatic rings. The molecule has 1 saturated carbocycles. The van der Waals surface area contributed by atoms with Crippen LogP contribution in [0.15, 0.2) is 59.4 Å². The van der Waals surface area contributed by atoms with E-state index in [9.17, 15) is 9.18 Å². The molecule has 5 heteroatoms. The molecule has 0 bridgehead atoms. The molecule has 1 fully saturated rings. The van der Waals surface area contributed by atoms with Crippen LogP contribution >= 0.6 is 11.6 Å². The van der Waals surface area contributed by atoms with Gasteiger partial charge in [0.1, 0.15) is 5.82 Å². The van der Waals surface area contributed by atoms with E-state index in [-0.39, 0.29) is 17.3 Å². The van der Waals surface area contributed by atoms with Gasteiger partial charge in [0.15, 0.2) is 0 Å². The van der Waals surface area contributed by atoms with Gasteiger partial charge in [0.05, 0.1) is 12.2 Å². The quantitative estimate of drug-likeness (QED) is 0.558. The Kier molecular flexibility index (Phi) is 5.58. The monoisotopic (exact) mass is 396 g/mol. The lowest BCUT2D eigenvalue weighted by Gasteiger charge is -2.22. The number of hydrogen-bond donors (Lipinski definition) is 0. The highest BCUT2D eigenvalue weighted by molar-refractivity contribution is 6.30. The summed E-state index contributed by atoms with van der Waals surface area (Å²) in [6.07, 6.45) is 5.59. The van der Waals surface area contributed by atoms with Gasteiger partial charge in [0, 0.05) is 16.1 Å². The number of aromatic nitrogens is 2. The van der Waals surface area contributed by atoms with Crippen molar-refractivity contribution in [1.82, 2.24) is 9.78 Å². The Morgan fingerprint density at radius 2 is 1.68 bits per heavy atom. The maximum Gasteiger partial charge on any atom is 0.270 e. The van der Waals surface area contributed by atoms with Crippen LogP contribution in [-0.4, -0.2) is 9.78 Å². The fraction of sp³-hybridized carbons (Fsp3) is 0.304. The molecule has 0 aliphatic heterocycles. The summed E-state index contributed by atoms with van der Waals surface area (Å²) in [5.74, 6) is -0.0225. The van der Waals surface area contributed by atoms with Gasteiger partial charge in [0.2, 0.25) is 0 Å². The molecule has 0 spiro atoms. The van der Waals surface area contributed by atoms with Crippen LogP contribution in [-0.2, 0) is 6.54 Å². The number of halogens is 2. The third-order valence-corrected chi connectivity index (χ3v) is 5.68. The topological polar surface area (TPSA) is 34.9 Å². The Morgan fingerprint density at radius 3 is 2.36 bits per heavy atom. The maximum atomic E-state index is 13.3. The molecule has 1 aliphatic carbocycles. The van der Waals surface area contributed by atoms with Gasteiger partial charge < -0.3 is 0 Å². The van der Waals surface area contributed by atoms with Crippen LogP contribution in [0.3, 0.4) is 0 Å². The second kappa shape index (κ2) is 8.27. The fourth-order valence-electron chi connectivity index (χ4n) is 3.90. The first-order valence-corrected chi connectivity index (χ1v) is 10.1. The standard InChI is InChI=1S/C23H22ClFN2O/c24-19-10-6-16(7-11-19)15-27-23(28)21(17-4-2-1-3-5-17)14-22(26-27)18-8-12-20(25)13-9-18/h6-14,17H,1-5,15H2. The van der Waals surface area contributed by atoms with Gasteiger partial charge in [-0.25, -0.2) is 9.07 Å². The van der Waals surface area contributed by atoms with Crippen molar-refractivity contribution in [2.45, 2.75) is 44.6 Å². The van der Waals surface area contributed by atoms with E-state index in [4.69, 9.17) is 11.6 Å². The first-order valence-electron chi connectivity index (χ1n) is 9.72. The van der Waals surface area contributed by atoms with Gasteiger partial charge in [-0.2, -0.15) is 5.10 Å². The predicted molar refractivity (Wildman–Crippen MR) is 110 cm³/mol. The van der Waals surface area contributed by atoms with E-state index in [0.717, 1.165) is 42.4 Å². The van der Waals surface area contributed by atoms with Gasteiger partial charge >= 0.3 is 0 Å². The molecular weight excluding hydrogens is 375 g/mol. The summed E-state index contributed by atoms with van der Waals surface area (Å²) in [7, 11) is 0. The van der Waals surface area contributed by atoms with Gasteiger partial charge in [0.25, 0.3) is 5.56 Å². The molecule has 28 heavy (non-hydrogen) atoms. The number of hydrogen-bond acceptors (Lipinski definition) is 2. The fourth-order valence-corrected chi connectivity index (χ4v) is 4.03. The Labute approximate surface area is 168 Å². The Bertz CT molecular complexity index is 1010. The molecule has 0 radical (unpaired) electrons. The van der Waals surface area contributed by atoms with Crippen molar-refractivity contribution in [1.29, 1.82) is 0 Å². The van der Waals surface area contributed by atoms with Crippen molar-refractivity contribution in [3.63, 3.8) is 0 Å². The van der Waals surface area contributed by atoms with Crippen molar-refractivity contribution in [2.75, 3.05) is 0 Å². The Morgan fingerprint density at radius 1 is 1.00 bits per heavy atom. The van der Waals surface area contributed by atoms with E-state index in [1.54, 1.807) is 12.1 Å². The SMILES string of the molecule is O=c1c(C2CCCCC2)cc(-c2ccc(F)cc2)nn1Cc1ccc(Cl)cc1. The molecule has 3 aromatic rings. The molecular formula is C23H22ClFN2O. The van der Waals surface area contributed by atoms with E-state index in [2.05, 4.69) is 5.10 Å².